The smallest absolute Gasteiger partial charge is 0.239 e. The minimum atomic E-state index is -3.76. The van der Waals surface area contributed by atoms with Gasteiger partial charge in [0.25, 0.3) is 0 Å². The Morgan fingerprint density at radius 1 is 1.04 bits per heavy atom. The summed E-state index contributed by atoms with van der Waals surface area (Å²) < 4.78 is 24.1. The number of rotatable bonds is 5. The van der Waals surface area contributed by atoms with E-state index in [1.807, 2.05) is 19.1 Å². The van der Waals surface area contributed by atoms with Gasteiger partial charge in [-0.1, -0.05) is 17.7 Å². The van der Waals surface area contributed by atoms with E-state index in [4.69, 9.17) is 0 Å². The first-order chi connectivity index (χ1) is 10.9. The molecule has 1 aliphatic rings. The van der Waals surface area contributed by atoms with Crippen LogP contribution in [0.5, 0.6) is 0 Å². The molecule has 0 saturated carbocycles. The summed E-state index contributed by atoms with van der Waals surface area (Å²) in [5.74, 6) is -2.32. The first-order valence-electron chi connectivity index (χ1n) is 7.70. The van der Waals surface area contributed by atoms with Crippen molar-refractivity contribution in [1.29, 1.82) is 0 Å². The van der Waals surface area contributed by atoms with Crippen molar-refractivity contribution in [3.8, 4) is 0 Å². The highest BCUT2D eigenvalue weighted by molar-refractivity contribution is 7.92. The van der Waals surface area contributed by atoms with Crippen molar-refractivity contribution in [2.75, 3.05) is 29.9 Å². The van der Waals surface area contributed by atoms with E-state index in [0.29, 0.717) is 18.8 Å². The summed E-state index contributed by atoms with van der Waals surface area (Å²) in [6.45, 7) is 3.12. The van der Waals surface area contributed by atoms with Gasteiger partial charge in [0, 0.05) is 18.8 Å². The molecular weight excluding hydrogens is 316 g/mol. The average molecular weight is 338 g/mol. The summed E-state index contributed by atoms with van der Waals surface area (Å²) >= 11 is 0. The molecule has 0 atom stereocenters. The van der Waals surface area contributed by atoms with Crippen molar-refractivity contribution in [2.45, 2.75) is 26.2 Å². The first kappa shape index (κ1) is 17.5. The monoisotopic (exact) mass is 338 g/mol. The minimum absolute atomic E-state index is 0.409. The van der Waals surface area contributed by atoms with E-state index in [0.717, 1.165) is 24.8 Å². The van der Waals surface area contributed by atoms with E-state index < -0.39 is 33.2 Å². The molecule has 23 heavy (non-hydrogen) atoms. The molecule has 126 valence electrons. The van der Waals surface area contributed by atoms with Gasteiger partial charge in [0.1, 0.15) is 11.5 Å². The molecule has 0 spiro atoms. The molecule has 0 aliphatic carbocycles. The highest BCUT2D eigenvalue weighted by Gasteiger charge is 2.25. The predicted molar refractivity (Wildman–Crippen MR) is 88.9 cm³/mol. The van der Waals surface area contributed by atoms with E-state index in [9.17, 15) is 18.0 Å². The number of hydrogen-bond donors (Lipinski definition) is 1. The van der Waals surface area contributed by atoms with Crippen LogP contribution >= 0.6 is 0 Å². The third-order valence-corrected chi connectivity index (χ3v) is 5.13. The normalized spacial score (nSPS) is 15.3. The molecule has 1 aromatic carbocycles. The van der Waals surface area contributed by atoms with Gasteiger partial charge in [0.15, 0.2) is 9.84 Å². The van der Waals surface area contributed by atoms with Crippen LogP contribution in [0.4, 0.5) is 5.69 Å². The van der Waals surface area contributed by atoms with Gasteiger partial charge in [-0.25, -0.2) is 8.42 Å². The Bertz CT molecular complexity index is 662. The van der Waals surface area contributed by atoms with Gasteiger partial charge < -0.3 is 10.2 Å². The standard InChI is InChI=1S/C16H22N2O4S/c1-13-5-7-14(8-6-13)17-15(19)11-23(21,22)12-16(20)18-9-3-2-4-10-18/h5-8H,2-4,9-12H2,1H3,(H,17,19). The lowest BCUT2D eigenvalue weighted by atomic mass is 10.1. The number of nitrogens with zero attached hydrogens (tertiary/aromatic N) is 1. The molecule has 1 aromatic rings. The topological polar surface area (TPSA) is 83.5 Å². The van der Waals surface area contributed by atoms with E-state index in [2.05, 4.69) is 5.32 Å². The molecule has 1 fully saturated rings. The fourth-order valence-corrected chi connectivity index (χ4v) is 3.64. The number of piperidine rings is 1. The number of amides is 2. The van der Waals surface area contributed by atoms with Gasteiger partial charge in [-0.05, 0) is 38.3 Å². The Kier molecular flexibility index (Phi) is 5.76. The van der Waals surface area contributed by atoms with Crippen molar-refractivity contribution in [3.63, 3.8) is 0 Å². The lowest BCUT2D eigenvalue weighted by Crippen LogP contribution is -2.40. The number of carbonyl (C=O) groups excluding carboxylic acids is 2. The van der Waals surface area contributed by atoms with Crippen LogP contribution in [0.25, 0.3) is 0 Å². The average Bonchev–Trinajstić information content (AvgIpc) is 2.49. The van der Waals surface area contributed by atoms with Gasteiger partial charge in [0.2, 0.25) is 11.8 Å². The Hall–Kier alpha value is -1.89. The lowest BCUT2D eigenvalue weighted by molar-refractivity contribution is -0.129. The summed E-state index contributed by atoms with van der Waals surface area (Å²) in [4.78, 5) is 25.4. The molecule has 1 aliphatic heterocycles. The summed E-state index contributed by atoms with van der Waals surface area (Å²) in [6, 6.07) is 7.06. The minimum Gasteiger partial charge on any atom is -0.342 e. The Labute approximate surface area is 136 Å². The molecule has 0 bridgehead atoms. The number of anilines is 1. The fraction of sp³-hybridized carbons (Fsp3) is 0.500. The van der Waals surface area contributed by atoms with Crippen molar-refractivity contribution in [3.05, 3.63) is 29.8 Å². The predicted octanol–water partition coefficient (Wildman–Crippen LogP) is 1.36. The van der Waals surface area contributed by atoms with E-state index in [1.54, 1.807) is 17.0 Å². The number of benzene rings is 1. The van der Waals surface area contributed by atoms with Gasteiger partial charge >= 0.3 is 0 Å². The highest BCUT2D eigenvalue weighted by atomic mass is 32.2. The first-order valence-corrected chi connectivity index (χ1v) is 9.52. The molecule has 0 aromatic heterocycles. The van der Waals surface area contributed by atoms with Crippen LogP contribution in [0.3, 0.4) is 0 Å². The zero-order chi connectivity index (χ0) is 16.9. The Morgan fingerprint density at radius 3 is 2.26 bits per heavy atom. The van der Waals surface area contributed by atoms with Crippen molar-refractivity contribution >= 4 is 27.3 Å². The molecule has 2 amide bonds. The molecular formula is C16H22N2O4S. The zero-order valence-corrected chi connectivity index (χ0v) is 14.1. The summed E-state index contributed by atoms with van der Waals surface area (Å²) in [6.07, 6.45) is 2.87. The molecule has 0 unspecified atom stereocenters. The van der Waals surface area contributed by atoms with Crippen LogP contribution < -0.4 is 5.32 Å². The number of sulfone groups is 1. The van der Waals surface area contributed by atoms with E-state index in [1.165, 1.54) is 0 Å². The maximum atomic E-state index is 12.0. The quantitative estimate of drug-likeness (QED) is 0.879. The zero-order valence-electron chi connectivity index (χ0n) is 13.2. The van der Waals surface area contributed by atoms with Crippen LogP contribution in [-0.2, 0) is 19.4 Å². The van der Waals surface area contributed by atoms with Crippen LogP contribution in [0, 0.1) is 6.92 Å². The second kappa shape index (κ2) is 7.59. The molecule has 0 radical (unpaired) electrons. The third kappa shape index (κ3) is 5.67. The van der Waals surface area contributed by atoms with E-state index in [-0.39, 0.29) is 0 Å². The molecule has 6 nitrogen and oxygen atoms in total. The van der Waals surface area contributed by atoms with Gasteiger partial charge in [-0.2, -0.15) is 0 Å². The lowest BCUT2D eigenvalue weighted by Gasteiger charge is -2.26. The van der Waals surface area contributed by atoms with Crippen molar-refractivity contribution in [1.82, 2.24) is 4.90 Å². The number of likely N-dealkylation sites (tertiary alicyclic amines) is 1. The summed E-state index contributed by atoms with van der Waals surface area (Å²) in [7, 11) is -3.76. The van der Waals surface area contributed by atoms with Crippen LogP contribution in [0.15, 0.2) is 24.3 Å². The molecule has 1 saturated heterocycles. The van der Waals surface area contributed by atoms with Gasteiger partial charge in [-0.15, -0.1) is 0 Å². The van der Waals surface area contributed by atoms with Crippen molar-refractivity contribution < 1.29 is 18.0 Å². The van der Waals surface area contributed by atoms with Crippen LogP contribution in [0.2, 0.25) is 0 Å². The third-order valence-electron chi connectivity index (χ3n) is 3.74. The molecule has 2 rings (SSSR count). The van der Waals surface area contributed by atoms with Crippen LogP contribution in [-0.4, -0.2) is 49.7 Å². The SMILES string of the molecule is Cc1ccc(NC(=O)CS(=O)(=O)CC(=O)N2CCCCC2)cc1. The number of aryl methyl sites for hydroxylation is 1. The maximum Gasteiger partial charge on any atom is 0.239 e. The highest BCUT2D eigenvalue weighted by Crippen LogP contribution is 2.11. The molecule has 7 heteroatoms. The number of carbonyl (C=O) groups is 2. The maximum absolute atomic E-state index is 12.0. The van der Waals surface area contributed by atoms with Gasteiger partial charge in [-0.3, -0.25) is 9.59 Å². The largest absolute Gasteiger partial charge is 0.342 e. The second-order valence-electron chi connectivity index (χ2n) is 5.89. The summed E-state index contributed by atoms with van der Waals surface area (Å²) in [5, 5.41) is 2.54. The van der Waals surface area contributed by atoms with Gasteiger partial charge in [0.05, 0.1) is 0 Å². The summed E-state index contributed by atoms with van der Waals surface area (Å²) in [5.41, 5.74) is 1.58. The Balaban J connectivity index is 1.88. The Morgan fingerprint density at radius 2 is 1.65 bits per heavy atom. The van der Waals surface area contributed by atoms with Crippen LogP contribution in [0.1, 0.15) is 24.8 Å². The molecule has 1 heterocycles. The van der Waals surface area contributed by atoms with E-state index >= 15 is 0 Å². The van der Waals surface area contributed by atoms with Crippen molar-refractivity contribution in [2.24, 2.45) is 0 Å². The fourth-order valence-electron chi connectivity index (χ4n) is 2.51. The number of nitrogens with one attached hydrogen (secondary N) is 1. The number of hydrogen-bond acceptors (Lipinski definition) is 4. The molecule has 1 N–H and O–H groups in total. The second-order valence-corrected chi connectivity index (χ2v) is 7.95.